The largest absolute Gasteiger partial charge is 0.548 e. The maximum atomic E-state index is 10.6. The second kappa shape index (κ2) is 2.67. The summed E-state index contributed by atoms with van der Waals surface area (Å²) in [5, 5.41) is 14.9. The Hall–Kier alpha value is -1.32. The Morgan fingerprint density at radius 1 is 1.62 bits per heavy atom. The van der Waals surface area contributed by atoms with Gasteiger partial charge in [-0.3, -0.25) is 4.68 Å². The summed E-state index contributed by atoms with van der Waals surface area (Å²) < 4.78 is 1.61. The predicted molar refractivity (Wildman–Crippen MR) is 55.7 cm³/mol. The Kier molecular flexibility index (Phi) is 1.65. The normalized spacial score (nSPS) is 28.7. The Labute approximate surface area is 94.3 Å². The van der Waals surface area contributed by atoms with Crippen molar-refractivity contribution in [3.63, 3.8) is 0 Å². The minimum Gasteiger partial charge on any atom is -0.548 e. The Bertz CT molecular complexity index is 487. The van der Waals surface area contributed by atoms with Crippen molar-refractivity contribution in [2.75, 3.05) is 0 Å². The summed E-state index contributed by atoms with van der Waals surface area (Å²) in [6, 6.07) is 0. The summed E-state index contributed by atoms with van der Waals surface area (Å²) in [6.07, 6.45) is 0.973. The summed E-state index contributed by atoms with van der Waals surface area (Å²) >= 11 is 0. The summed E-state index contributed by atoms with van der Waals surface area (Å²) in [5.41, 5.74) is 3.80. The third-order valence-corrected chi connectivity index (χ3v) is 4.34. The van der Waals surface area contributed by atoms with Gasteiger partial charge in [0.1, 0.15) is 0 Å². The number of rotatable bonds is 2. The molecule has 0 aromatic carbocycles. The molecule has 1 heterocycles. The lowest BCUT2D eigenvalue weighted by atomic mass is 9.98. The number of carbonyl (C=O) groups is 1. The molecule has 3 rings (SSSR count). The van der Waals surface area contributed by atoms with Gasteiger partial charge in [0.25, 0.3) is 0 Å². The third-order valence-electron chi connectivity index (χ3n) is 4.34. The van der Waals surface area contributed by atoms with Crippen molar-refractivity contribution in [1.29, 1.82) is 0 Å². The second-order valence-electron chi connectivity index (χ2n) is 5.59. The van der Waals surface area contributed by atoms with Crippen LogP contribution in [-0.4, -0.2) is 15.7 Å². The van der Waals surface area contributed by atoms with Crippen LogP contribution in [-0.2, 0) is 17.8 Å². The zero-order chi connectivity index (χ0) is 11.7. The maximum absolute atomic E-state index is 10.6. The molecule has 1 saturated carbocycles. The highest BCUT2D eigenvalue weighted by Gasteiger charge is 2.63. The smallest absolute Gasteiger partial charge is 0.0807 e. The van der Waals surface area contributed by atoms with Gasteiger partial charge in [-0.05, 0) is 30.6 Å². The van der Waals surface area contributed by atoms with Gasteiger partial charge in [-0.2, -0.15) is 5.10 Å². The van der Waals surface area contributed by atoms with Gasteiger partial charge in [-0.1, -0.05) is 13.8 Å². The van der Waals surface area contributed by atoms with Gasteiger partial charge in [0.05, 0.1) is 18.2 Å². The van der Waals surface area contributed by atoms with Crippen LogP contribution in [0.5, 0.6) is 0 Å². The molecule has 0 amide bonds. The molecule has 1 fully saturated rings. The van der Waals surface area contributed by atoms with Gasteiger partial charge < -0.3 is 9.90 Å². The van der Waals surface area contributed by atoms with E-state index < -0.39 is 5.97 Å². The number of carboxylic acid groups (broad SMARTS) is 1. The third kappa shape index (κ3) is 1.05. The monoisotopic (exact) mass is 219 g/mol. The summed E-state index contributed by atoms with van der Waals surface area (Å²) in [7, 11) is 0. The minimum atomic E-state index is -1.06. The van der Waals surface area contributed by atoms with Crippen LogP contribution in [0, 0.1) is 18.3 Å². The molecule has 1 aromatic rings. The Morgan fingerprint density at radius 2 is 2.31 bits per heavy atom. The van der Waals surface area contributed by atoms with Crippen LogP contribution < -0.4 is 5.11 Å². The number of carbonyl (C=O) groups excluding carboxylic acids is 1. The number of aryl methyl sites for hydroxylation is 1. The molecular weight excluding hydrogens is 204 g/mol. The van der Waals surface area contributed by atoms with Gasteiger partial charge in [-0.25, -0.2) is 0 Å². The number of aromatic nitrogens is 2. The molecule has 1 aromatic heterocycles. The number of carboxylic acids is 1. The van der Waals surface area contributed by atoms with Crippen molar-refractivity contribution in [3.05, 3.63) is 17.0 Å². The van der Waals surface area contributed by atoms with Crippen molar-refractivity contribution < 1.29 is 9.90 Å². The Balaban J connectivity index is 2.01. The molecule has 0 spiro atoms. The van der Waals surface area contributed by atoms with E-state index in [0.717, 1.165) is 17.8 Å². The molecule has 16 heavy (non-hydrogen) atoms. The first-order chi connectivity index (χ1) is 7.43. The average Bonchev–Trinajstić information content (AvgIpc) is 2.52. The van der Waals surface area contributed by atoms with Crippen molar-refractivity contribution >= 4 is 5.97 Å². The minimum absolute atomic E-state index is 0.115. The van der Waals surface area contributed by atoms with Crippen molar-refractivity contribution in [2.24, 2.45) is 11.3 Å². The molecule has 0 bridgehead atoms. The highest BCUT2D eigenvalue weighted by molar-refractivity contribution is 5.64. The summed E-state index contributed by atoms with van der Waals surface area (Å²) in [4.78, 5) is 10.6. The molecular formula is C12H15N2O2-. The number of nitrogens with zero attached hydrogens (tertiary/aromatic N) is 2. The fourth-order valence-corrected chi connectivity index (χ4v) is 3.42. The topological polar surface area (TPSA) is 58.0 Å². The quantitative estimate of drug-likeness (QED) is 0.715. The van der Waals surface area contributed by atoms with Gasteiger partial charge >= 0.3 is 0 Å². The lowest BCUT2D eigenvalue weighted by Crippen LogP contribution is -2.28. The van der Waals surface area contributed by atoms with Crippen molar-refractivity contribution in [3.8, 4) is 0 Å². The van der Waals surface area contributed by atoms with E-state index >= 15 is 0 Å². The van der Waals surface area contributed by atoms with E-state index in [9.17, 15) is 9.90 Å². The van der Waals surface area contributed by atoms with Gasteiger partial charge in [0.15, 0.2) is 0 Å². The van der Waals surface area contributed by atoms with Gasteiger partial charge in [0, 0.05) is 11.3 Å². The van der Waals surface area contributed by atoms with E-state index in [1.165, 1.54) is 5.56 Å². The predicted octanol–water partition coefficient (Wildman–Crippen LogP) is 0.237. The first-order valence-electron chi connectivity index (χ1n) is 5.69. The molecule has 4 nitrogen and oxygen atoms in total. The first kappa shape index (κ1) is 9.87. The zero-order valence-corrected chi connectivity index (χ0v) is 9.78. The molecule has 2 aliphatic rings. The maximum Gasteiger partial charge on any atom is 0.0807 e. The molecule has 0 unspecified atom stereocenters. The van der Waals surface area contributed by atoms with Crippen LogP contribution in [0.4, 0.5) is 0 Å². The number of fused-ring (bicyclic) bond motifs is 3. The fourth-order valence-electron chi connectivity index (χ4n) is 3.42. The van der Waals surface area contributed by atoms with Crippen LogP contribution in [0.3, 0.4) is 0 Å². The van der Waals surface area contributed by atoms with Crippen LogP contribution in [0.1, 0.15) is 36.7 Å². The van der Waals surface area contributed by atoms with Crippen LogP contribution in [0.25, 0.3) is 0 Å². The molecule has 0 saturated heterocycles. The number of hydrogen-bond donors (Lipinski definition) is 0. The first-order valence-corrected chi connectivity index (χ1v) is 5.69. The lowest BCUT2D eigenvalue weighted by molar-refractivity contribution is -0.306. The molecule has 86 valence electrons. The zero-order valence-electron chi connectivity index (χ0n) is 9.78. The van der Waals surface area contributed by atoms with Crippen LogP contribution in [0.2, 0.25) is 0 Å². The van der Waals surface area contributed by atoms with Crippen LogP contribution >= 0.6 is 0 Å². The van der Waals surface area contributed by atoms with E-state index in [0.29, 0.717) is 17.3 Å². The van der Waals surface area contributed by atoms with Crippen LogP contribution in [0.15, 0.2) is 0 Å². The van der Waals surface area contributed by atoms with Gasteiger partial charge in [-0.15, -0.1) is 0 Å². The molecule has 2 aliphatic carbocycles. The van der Waals surface area contributed by atoms with E-state index in [1.807, 2.05) is 6.92 Å². The molecule has 0 N–H and O–H groups in total. The highest BCUT2D eigenvalue weighted by Crippen LogP contribution is 2.70. The second-order valence-corrected chi connectivity index (χ2v) is 5.59. The van der Waals surface area contributed by atoms with E-state index in [1.54, 1.807) is 4.68 Å². The average molecular weight is 219 g/mol. The number of hydrogen-bond acceptors (Lipinski definition) is 3. The van der Waals surface area contributed by atoms with Gasteiger partial charge in [0.2, 0.25) is 0 Å². The Morgan fingerprint density at radius 3 is 2.94 bits per heavy atom. The van der Waals surface area contributed by atoms with E-state index in [4.69, 9.17) is 0 Å². The summed E-state index contributed by atoms with van der Waals surface area (Å²) in [6.45, 7) is 6.42. The van der Waals surface area contributed by atoms with E-state index in [-0.39, 0.29) is 6.54 Å². The molecule has 0 aliphatic heterocycles. The molecule has 0 radical (unpaired) electrons. The highest BCUT2D eigenvalue weighted by atomic mass is 16.4. The fraction of sp³-hybridized carbons (Fsp3) is 0.667. The van der Waals surface area contributed by atoms with Crippen molar-refractivity contribution in [1.82, 2.24) is 9.78 Å². The standard InChI is InChI=1S/C12H16N2O2/c1-6-10-8(14(13-6)5-9(15)16)4-7-11(10)12(7,2)3/h7,11H,4-5H2,1-3H3,(H,15,16)/p-1/t7-,11-/m0/s1. The molecule has 4 heteroatoms. The SMILES string of the molecule is Cc1nn(CC(=O)[O-])c2c1[C@@H]1[C@H](C2)C1(C)C. The summed E-state index contributed by atoms with van der Waals surface area (Å²) in [5.74, 6) is 0.218. The van der Waals surface area contributed by atoms with E-state index in [2.05, 4.69) is 18.9 Å². The van der Waals surface area contributed by atoms with Crippen molar-refractivity contribution in [2.45, 2.75) is 39.7 Å². The lowest BCUT2D eigenvalue weighted by Gasteiger charge is -2.11. The number of aliphatic carboxylic acids is 1. The molecule has 2 atom stereocenters.